The van der Waals surface area contributed by atoms with E-state index in [1.165, 1.54) is 76.3 Å². The number of nitrogens with one attached hydrogen (secondary N) is 1. The molecule has 44 heavy (non-hydrogen) atoms. The van der Waals surface area contributed by atoms with Crippen LogP contribution in [0.25, 0.3) is 0 Å². The zero-order valence-electron chi connectivity index (χ0n) is 33.6. The van der Waals surface area contributed by atoms with Crippen molar-refractivity contribution in [1.82, 2.24) is 4.98 Å². The summed E-state index contributed by atoms with van der Waals surface area (Å²) in [6.45, 7) is 40.2. The molecule has 3 aliphatic rings. The maximum absolute atomic E-state index is 4.66. The molecule has 7 unspecified atom stereocenters. The Morgan fingerprint density at radius 3 is 1.89 bits per heavy atom. The molecule has 0 radical (unpaired) electrons. The lowest BCUT2D eigenvalue weighted by Gasteiger charge is -2.55. The molecule has 3 aliphatic carbocycles. The van der Waals surface area contributed by atoms with Crippen LogP contribution >= 0.6 is 0 Å². The van der Waals surface area contributed by atoms with E-state index >= 15 is 0 Å². The Morgan fingerprint density at radius 1 is 0.773 bits per heavy atom. The van der Waals surface area contributed by atoms with Gasteiger partial charge in [-0.15, -0.1) is 0 Å². The van der Waals surface area contributed by atoms with Gasteiger partial charge in [-0.05, 0) is 106 Å². The van der Waals surface area contributed by atoms with E-state index in [4.69, 9.17) is 0 Å². The molecule has 0 amide bonds. The van der Waals surface area contributed by atoms with Crippen LogP contribution in [0.1, 0.15) is 186 Å². The second-order valence-electron chi connectivity index (χ2n) is 11.8. The zero-order chi connectivity index (χ0) is 34.9. The van der Waals surface area contributed by atoms with Crippen LogP contribution in [0.4, 0.5) is 5.69 Å². The van der Waals surface area contributed by atoms with Crippen LogP contribution in [0.15, 0.2) is 24.4 Å². The average molecular weight is 617 g/mol. The van der Waals surface area contributed by atoms with Gasteiger partial charge in [0.15, 0.2) is 0 Å². The molecule has 1 heterocycles. The Morgan fingerprint density at radius 2 is 1.36 bits per heavy atom. The molecule has 0 saturated heterocycles. The number of aryl methyl sites for hydroxylation is 2. The smallest absolute Gasteiger partial charge is 0.0610 e. The molecule has 1 aromatic rings. The molecule has 3 fully saturated rings. The molecule has 0 aromatic carbocycles. The van der Waals surface area contributed by atoms with Gasteiger partial charge in [0.1, 0.15) is 0 Å². The van der Waals surface area contributed by atoms with Gasteiger partial charge >= 0.3 is 0 Å². The third-order valence-corrected chi connectivity index (χ3v) is 10.0. The predicted octanol–water partition coefficient (Wildman–Crippen LogP) is 14.9. The molecule has 2 nitrogen and oxygen atoms in total. The summed E-state index contributed by atoms with van der Waals surface area (Å²) in [6, 6.07) is 4.29. The van der Waals surface area contributed by atoms with Gasteiger partial charge in [-0.3, -0.25) is 4.98 Å². The molecular formula is C42H84N2. The number of hydrogen-bond donors (Lipinski definition) is 1. The molecule has 0 aliphatic heterocycles. The van der Waals surface area contributed by atoms with E-state index in [0.29, 0.717) is 11.3 Å². The first-order chi connectivity index (χ1) is 21.4. The van der Waals surface area contributed by atoms with Crippen LogP contribution < -0.4 is 5.32 Å². The van der Waals surface area contributed by atoms with Crippen molar-refractivity contribution in [1.29, 1.82) is 0 Å². The summed E-state index contributed by atoms with van der Waals surface area (Å²) >= 11 is 0. The minimum Gasteiger partial charge on any atom is -0.358 e. The molecule has 262 valence electrons. The van der Waals surface area contributed by atoms with Crippen LogP contribution in [0.5, 0.6) is 0 Å². The molecule has 7 atom stereocenters. The van der Waals surface area contributed by atoms with Crippen molar-refractivity contribution in [2.45, 2.75) is 188 Å². The van der Waals surface area contributed by atoms with Gasteiger partial charge in [0.25, 0.3) is 0 Å². The van der Waals surface area contributed by atoms with Crippen molar-refractivity contribution in [3.8, 4) is 0 Å². The zero-order valence-corrected chi connectivity index (χ0v) is 33.6. The maximum atomic E-state index is 4.66. The average Bonchev–Trinajstić information content (AvgIpc) is 3.45. The number of pyridine rings is 1. The first-order valence-electron chi connectivity index (χ1n) is 19.8. The highest BCUT2D eigenvalue weighted by Crippen LogP contribution is 2.64. The van der Waals surface area contributed by atoms with Crippen molar-refractivity contribution in [3.63, 3.8) is 0 Å². The van der Waals surface area contributed by atoms with Crippen LogP contribution in [0.2, 0.25) is 0 Å². The van der Waals surface area contributed by atoms with Crippen LogP contribution in [0.3, 0.4) is 0 Å². The van der Waals surface area contributed by atoms with Crippen molar-refractivity contribution < 1.29 is 0 Å². The number of anilines is 1. The molecule has 0 bridgehead atoms. The van der Waals surface area contributed by atoms with E-state index in [-0.39, 0.29) is 0 Å². The molecule has 1 N–H and O–H groups in total. The fraction of sp³-hybridized carbons (Fsp3) is 0.833. The molecule has 3 saturated carbocycles. The molecule has 0 spiro atoms. The fourth-order valence-electron chi connectivity index (χ4n) is 8.50. The van der Waals surface area contributed by atoms with E-state index < -0.39 is 0 Å². The Bertz CT molecular complexity index is 799. The van der Waals surface area contributed by atoms with E-state index in [0.717, 1.165) is 46.7 Å². The summed E-state index contributed by atoms with van der Waals surface area (Å²) in [4.78, 5) is 4.66. The highest BCUT2D eigenvalue weighted by atomic mass is 14.9. The number of fused-ring (bicyclic) bond motifs is 3. The second-order valence-corrected chi connectivity index (χ2v) is 11.8. The van der Waals surface area contributed by atoms with Crippen LogP contribution in [-0.4, -0.2) is 4.98 Å². The van der Waals surface area contributed by atoms with Crippen molar-refractivity contribution in [2.24, 2.45) is 40.9 Å². The number of rotatable bonds is 8. The van der Waals surface area contributed by atoms with E-state index in [1.807, 2.05) is 83.1 Å². The summed E-state index contributed by atoms with van der Waals surface area (Å²) < 4.78 is 0. The molecular weight excluding hydrogens is 532 g/mol. The van der Waals surface area contributed by atoms with Gasteiger partial charge in [-0.1, -0.05) is 136 Å². The summed E-state index contributed by atoms with van der Waals surface area (Å²) in [5.41, 5.74) is 4.97. The monoisotopic (exact) mass is 617 g/mol. The van der Waals surface area contributed by atoms with E-state index in [1.54, 1.807) is 0 Å². The highest BCUT2D eigenvalue weighted by molar-refractivity contribution is 5.52. The first kappa shape index (κ1) is 47.1. The lowest BCUT2D eigenvalue weighted by molar-refractivity contribution is -0.0513. The SMILES string of the molecule is C=C(Nc1ccc(C)nc1C)C1CCC2C3CCC(CCC)C(CCCC)C3CCC12C.CC.CC.CC.CC.CC.CC. The van der Waals surface area contributed by atoms with Gasteiger partial charge in [0, 0.05) is 17.3 Å². The standard InChI is InChI=1S/C30H48N2.6C2H6/c1-7-9-11-24-23(10-8-2)13-14-26-25(24)18-19-30(6)27(15-16-28(26)30)21(4)32-29-17-12-20(3)31-22(29)5;6*1-2/h12,17,23-28,32H,4,7-11,13-16,18-19H2,1-3,5-6H3;6*1-2H3. The quantitative estimate of drug-likeness (QED) is 0.314. The van der Waals surface area contributed by atoms with E-state index in [9.17, 15) is 0 Å². The van der Waals surface area contributed by atoms with Crippen molar-refractivity contribution in [2.75, 3.05) is 5.32 Å². The first-order valence-corrected chi connectivity index (χ1v) is 19.8. The minimum absolute atomic E-state index is 0.421. The Hall–Kier alpha value is -1.31. The number of unbranched alkanes of at least 4 members (excludes halogenated alkanes) is 1. The topological polar surface area (TPSA) is 24.9 Å². The lowest BCUT2D eigenvalue weighted by atomic mass is 9.50. The van der Waals surface area contributed by atoms with Gasteiger partial charge in [0.2, 0.25) is 0 Å². The number of aromatic nitrogens is 1. The fourth-order valence-corrected chi connectivity index (χ4v) is 8.50. The third-order valence-electron chi connectivity index (χ3n) is 10.0. The minimum atomic E-state index is 0.421. The molecule has 1 aromatic heterocycles. The third kappa shape index (κ3) is 12.8. The van der Waals surface area contributed by atoms with Crippen LogP contribution in [-0.2, 0) is 0 Å². The number of nitrogens with zero attached hydrogens (tertiary/aromatic N) is 1. The Balaban J connectivity index is -0.00000125. The normalized spacial score (nSPS) is 27.3. The summed E-state index contributed by atoms with van der Waals surface area (Å²) in [5, 5.41) is 3.71. The maximum Gasteiger partial charge on any atom is 0.0610 e. The Labute approximate surface area is 280 Å². The lowest BCUT2D eigenvalue weighted by Crippen LogP contribution is -2.47. The van der Waals surface area contributed by atoms with Gasteiger partial charge in [-0.25, -0.2) is 0 Å². The largest absolute Gasteiger partial charge is 0.358 e. The molecule has 4 rings (SSSR count). The highest BCUT2D eigenvalue weighted by Gasteiger charge is 2.56. The van der Waals surface area contributed by atoms with Crippen molar-refractivity contribution >= 4 is 5.69 Å². The van der Waals surface area contributed by atoms with Gasteiger partial charge in [-0.2, -0.15) is 0 Å². The summed E-state index contributed by atoms with van der Waals surface area (Å²) in [6.07, 6.45) is 15.7. The van der Waals surface area contributed by atoms with Gasteiger partial charge in [0.05, 0.1) is 11.4 Å². The van der Waals surface area contributed by atoms with Crippen LogP contribution in [0, 0.1) is 54.8 Å². The van der Waals surface area contributed by atoms with E-state index in [2.05, 4.69) is 63.6 Å². The predicted molar refractivity (Wildman–Crippen MR) is 206 cm³/mol. The summed E-state index contributed by atoms with van der Waals surface area (Å²) in [7, 11) is 0. The molecule has 2 heteroatoms. The van der Waals surface area contributed by atoms with Gasteiger partial charge < -0.3 is 5.32 Å². The Kier molecular flexibility index (Phi) is 29.9. The number of allylic oxidation sites excluding steroid dienone is 1. The summed E-state index contributed by atoms with van der Waals surface area (Å²) in [5.74, 6) is 5.45. The van der Waals surface area contributed by atoms with Crippen molar-refractivity contribution in [3.05, 3.63) is 35.8 Å². The second kappa shape index (κ2) is 28.0. The number of hydrogen-bond acceptors (Lipinski definition) is 2.